The summed E-state index contributed by atoms with van der Waals surface area (Å²) in [6.45, 7) is 1.15. The molecule has 0 bridgehead atoms. The first-order valence-electron chi connectivity index (χ1n) is 6.12. The number of benzene rings is 1. The number of hydrogen-bond donors (Lipinski definition) is 0. The molecule has 0 heterocycles. The largest absolute Gasteiger partial charge is 0.327 e. The number of rotatable bonds is 5. The minimum Gasteiger partial charge on any atom is -0.327 e. The summed E-state index contributed by atoms with van der Waals surface area (Å²) in [7, 11) is 0. The molecular weight excluding hydrogens is 246 g/mol. The number of alkyl halides is 1. The molecule has 0 atom stereocenters. The Hall–Kier alpha value is -1.46. The van der Waals surface area contributed by atoms with E-state index in [2.05, 4.69) is 5.92 Å². The van der Waals surface area contributed by atoms with Gasteiger partial charge in [-0.25, -0.2) is 0 Å². The van der Waals surface area contributed by atoms with Crippen LogP contribution in [0.1, 0.15) is 28.8 Å². The fourth-order valence-electron chi connectivity index (χ4n) is 1.91. The highest BCUT2D eigenvalue weighted by atomic mass is 35.5. The summed E-state index contributed by atoms with van der Waals surface area (Å²) in [6.07, 6.45) is 7.74. The van der Waals surface area contributed by atoms with Crippen molar-refractivity contribution >= 4 is 17.5 Å². The number of hydrogen-bond acceptors (Lipinski definition) is 1. The second-order valence-corrected chi connectivity index (χ2v) is 4.93. The van der Waals surface area contributed by atoms with Crippen LogP contribution >= 0.6 is 11.6 Å². The molecular formula is C15H16ClNO. The maximum Gasteiger partial charge on any atom is 0.254 e. The standard InChI is InChI=1S/C15H16ClNO/c1-2-8-17(11-12-6-7-12)15(18)14-5-3-4-13(9-14)10-16/h1,3-5,9,12H,6-8,10-11H2. The van der Waals surface area contributed by atoms with Crippen LogP contribution in [0.5, 0.6) is 0 Å². The van der Waals surface area contributed by atoms with E-state index >= 15 is 0 Å². The van der Waals surface area contributed by atoms with E-state index in [4.69, 9.17) is 18.0 Å². The first kappa shape index (κ1) is 13.0. The molecule has 1 amide bonds. The smallest absolute Gasteiger partial charge is 0.254 e. The van der Waals surface area contributed by atoms with Gasteiger partial charge in [0.1, 0.15) is 0 Å². The lowest BCUT2D eigenvalue weighted by atomic mass is 10.1. The van der Waals surface area contributed by atoms with Gasteiger partial charge in [-0.3, -0.25) is 4.79 Å². The van der Waals surface area contributed by atoms with Crippen molar-refractivity contribution in [3.05, 3.63) is 35.4 Å². The van der Waals surface area contributed by atoms with Crippen molar-refractivity contribution < 1.29 is 4.79 Å². The lowest BCUT2D eigenvalue weighted by Crippen LogP contribution is -2.33. The zero-order chi connectivity index (χ0) is 13.0. The number of nitrogens with zero attached hydrogens (tertiary/aromatic N) is 1. The minimum atomic E-state index is 0.00631. The lowest BCUT2D eigenvalue weighted by Gasteiger charge is -2.20. The van der Waals surface area contributed by atoms with Gasteiger partial charge < -0.3 is 4.90 Å². The monoisotopic (exact) mass is 261 g/mol. The van der Waals surface area contributed by atoms with Crippen LogP contribution in [0.4, 0.5) is 0 Å². The maximum absolute atomic E-state index is 12.4. The van der Waals surface area contributed by atoms with E-state index in [-0.39, 0.29) is 5.91 Å². The molecule has 0 radical (unpaired) electrons. The molecule has 1 aromatic rings. The Morgan fingerprint density at radius 2 is 2.28 bits per heavy atom. The fourth-order valence-corrected chi connectivity index (χ4v) is 2.08. The highest BCUT2D eigenvalue weighted by Gasteiger charge is 2.26. The van der Waals surface area contributed by atoms with Crippen LogP contribution in [0.25, 0.3) is 0 Å². The van der Waals surface area contributed by atoms with Crippen LogP contribution in [0, 0.1) is 18.3 Å². The van der Waals surface area contributed by atoms with E-state index < -0.39 is 0 Å². The molecule has 1 fully saturated rings. The van der Waals surface area contributed by atoms with Gasteiger partial charge in [0.05, 0.1) is 6.54 Å². The Bertz CT molecular complexity index is 474. The molecule has 1 saturated carbocycles. The minimum absolute atomic E-state index is 0.00631. The van der Waals surface area contributed by atoms with Crippen LogP contribution in [0.15, 0.2) is 24.3 Å². The third-order valence-electron chi connectivity index (χ3n) is 3.07. The van der Waals surface area contributed by atoms with Crippen LogP contribution in [-0.2, 0) is 5.88 Å². The molecule has 1 aliphatic carbocycles. The number of carbonyl (C=O) groups excluding carboxylic acids is 1. The molecule has 3 heteroatoms. The molecule has 0 N–H and O–H groups in total. The van der Waals surface area contributed by atoms with Crippen molar-refractivity contribution in [2.24, 2.45) is 5.92 Å². The Balaban J connectivity index is 2.12. The predicted molar refractivity (Wildman–Crippen MR) is 73.5 cm³/mol. The summed E-state index contributed by atoms with van der Waals surface area (Å²) < 4.78 is 0. The van der Waals surface area contributed by atoms with Gasteiger partial charge in [0.25, 0.3) is 5.91 Å². The number of amides is 1. The quantitative estimate of drug-likeness (QED) is 0.590. The second-order valence-electron chi connectivity index (χ2n) is 4.67. The van der Waals surface area contributed by atoms with Gasteiger partial charge in [-0.2, -0.15) is 0 Å². The van der Waals surface area contributed by atoms with E-state index in [9.17, 15) is 4.79 Å². The fraction of sp³-hybridized carbons (Fsp3) is 0.400. The Kier molecular flexibility index (Phi) is 4.28. The van der Waals surface area contributed by atoms with E-state index in [0.717, 1.165) is 12.1 Å². The molecule has 0 aliphatic heterocycles. The molecule has 18 heavy (non-hydrogen) atoms. The normalized spacial score (nSPS) is 14.0. The van der Waals surface area contributed by atoms with Crippen molar-refractivity contribution in [2.75, 3.05) is 13.1 Å². The average Bonchev–Trinajstić information content (AvgIpc) is 3.21. The molecule has 0 aromatic heterocycles. The van der Waals surface area contributed by atoms with Gasteiger partial charge in [0.15, 0.2) is 0 Å². The summed E-state index contributed by atoms with van der Waals surface area (Å²) in [6, 6.07) is 7.42. The van der Waals surface area contributed by atoms with Crippen LogP contribution in [0.2, 0.25) is 0 Å². The second kappa shape index (κ2) is 5.93. The first-order chi connectivity index (χ1) is 8.74. The lowest BCUT2D eigenvalue weighted by molar-refractivity contribution is 0.0769. The van der Waals surface area contributed by atoms with Gasteiger partial charge in [-0.05, 0) is 36.5 Å². The molecule has 2 nitrogen and oxygen atoms in total. The highest BCUT2D eigenvalue weighted by molar-refractivity contribution is 6.17. The van der Waals surface area contributed by atoms with Gasteiger partial charge in [0.2, 0.25) is 0 Å². The topological polar surface area (TPSA) is 20.3 Å². The predicted octanol–water partition coefficient (Wildman–Crippen LogP) is 2.91. The zero-order valence-corrected chi connectivity index (χ0v) is 11.0. The maximum atomic E-state index is 12.4. The van der Waals surface area contributed by atoms with Crippen molar-refractivity contribution in [3.63, 3.8) is 0 Å². The van der Waals surface area contributed by atoms with E-state index in [1.165, 1.54) is 12.8 Å². The van der Waals surface area contributed by atoms with Gasteiger partial charge in [-0.15, -0.1) is 18.0 Å². The summed E-state index contributed by atoms with van der Waals surface area (Å²) in [5.41, 5.74) is 1.62. The van der Waals surface area contributed by atoms with Crippen LogP contribution in [0.3, 0.4) is 0 Å². The third kappa shape index (κ3) is 3.27. The van der Waals surface area contributed by atoms with Crippen molar-refractivity contribution in [1.29, 1.82) is 0 Å². The van der Waals surface area contributed by atoms with Gasteiger partial charge >= 0.3 is 0 Å². The Morgan fingerprint density at radius 1 is 1.50 bits per heavy atom. The Morgan fingerprint density at radius 3 is 2.89 bits per heavy atom. The van der Waals surface area contributed by atoms with Gasteiger partial charge in [-0.1, -0.05) is 18.1 Å². The van der Waals surface area contributed by atoms with E-state index in [1.807, 2.05) is 24.3 Å². The van der Waals surface area contributed by atoms with Crippen molar-refractivity contribution in [3.8, 4) is 12.3 Å². The summed E-state index contributed by atoms with van der Waals surface area (Å²) >= 11 is 5.78. The summed E-state index contributed by atoms with van der Waals surface area (Å²) in [5, 5.41) is 0. The van der Waals surface area contributed by atoms with Crippen LogP contribution in [-0.4, -0.2) is 23.9 Å². The molecule has 94 valence electrons. The molecule has 1 aromatic carbocycles. The van der Waals surface area contributed by atoms with Crippen molar-refractivity contribution in [2.45, 2.75) is 18.7 Å². The molecule has 0 unspecified atom stereocenters. The zero-order valence-electron chi connectivity index (χ0n) is 10.2. The SMILES string of the molecule is C#CCN(CC1CC1)C(=O)c1cccc(CCl)c1. The third-order valence-corrected chi connectivity index (χ3v) is 3.38. The molecule has 0 saturated heterocycles. The van der Waals surface area contributed by atoms with Gasteiger partial charge in [0, 0.05) is 18.0 Å². The highest BCUT2D eigenvalue weighted by Crippen LogP contribution is 2.30. The summed E-state index contributed by atoms with van der Waals surface area (Å²) in [4.78, 5) is 14.1. The van der Waals surface area contributed by atoms with E-state index in [1.54, 1.807) is 4.90 Å². The first-order valence-corrected chi connectivity index (χ1v) is 6.65. The van der Waals surface area contributed by atoms with E-state index in [0.29, 0.717) is 23.9 Å². The number of terminal acetylenes is 1. The molecule has 1 aliphatic rings. The summed E-state index contributed by atoms with van der Waals surface area (Å²) in [5.74, 6) is 3.62. The molecule has 2 rings (SSSR count). The Labute approximate surface area is 113 Å². The van der Waals surface area contributed by atoms with Crippen LogP contribution < -0.4 is 0 Å². The molecule has 0 spiro atoms. The number of carbonyl (C=O) groups is 1. The average molecular weight is 262 g/mol. The number of halogens is 1. The van der Waals surface area contributed by atoms with Crippen molar-refractivity contribution in [1.82, 2.24) is 4.90 Å².